The van der Waals surface area contributed by atoms with Gasteiger partial charge in [0, 0.05) is 11.9 Å². The van der Waals surface area contributed by atoms with E-state index in [0.29, 0.717) is 0 Å². The van der Waals surface area contributed by atoms with E-state index < -0.39 is 16.1 Å². The van der Waals surface area contributed by atoms with E-state index in [1.165, 1.54) is 28.3 Å². The second-order valence-electron chi connectivity index (χ2n) is 8.96. The Labute approximate surface area is 183 Å². The number of anilines is 1. The highest BCUT2D eigenvalue weighted by atomic mass is 32.2. The van der Waals surface area contributed by atoms with Crippen molar-refractivity contribution >= 4 is 21.7 Å². The molecule has 0 spiro atoms. The smallest absolute Gasteiger partial charge is 0.307 e. The first kappa shape index (κ1) is 20.5. The monoisotopic (exact) mass is 443 g/mol. The van der Waals surface area contributed by atoms with Crippen LogP contribution in [0.4, 0.5) is 10.5 Å². The Bertz CT molecular complexity index is 1080. The van der Waals surface area contributed by atoms with Crippen LogP contribution < -0.4 is 10.0 Å². The number of hydrogen-bond acceptors (Lipinski definition) is 5. The van der Waals surface area contributed by atoms with Crippen molar-refractivity contribution in [1.29, 1.82) is 0 Å². The molecule has 2 N–H and O–H groups in total. The zero-order chi connectivity index (χ0) is 21.6. The molecule has 166 valence electrons. The van der Waals surface area contributed by atoms with Crippen LogP contribution in [-0.2, 0) is 35.7 Å². The van der Waals surface area contributed by atoms with Gasteiger partial charge in [0.2, 0.25) is 0 Å². The zero-order valence-corrected chi connectivity index (χ0v) is 18.7. The quantitative estimate of drug-likeness (QED) is 0.757. The summed E-state index contributed by atoms with van der Waals surface area (Å²) in [7, 11) is -1.96. The molecule has 1 aromatic heterocycles. The lowest BCUT2D eigenvalue weighted by molar-refractivity contribution is 0.211. The Morgan fingerprint density at radius 1 is 1.06 bits per heavy atom. The van der Waals surface area contributed by atoms with E-state index in [0.717, 1.165) is 70.1 Å². The first-order valence-corrected chi connectivity index (χ1v) is 12.6. The van der Waals surface area contributed by atoms with Crippen LogP contribution in [0.5, 0.6) is 0 Å². The number of fused-ring (bicyclic) bond motifs is 2. The van der Waals surface area contributed by atoms with E-state index in [2.05, 4.69) is 33.2 Å². The standard InChI is InChI=1S/C22H29N5O3S/c1-26-11-8-17(9-12-26)27-13-10-20(24-27)31(29,30)25-22(28)23-21-18-6-2-4-15(18)14-16-5-3-7-19(16)21/h10,13-14,17H,2-9,11-12H2,1H3,(H2,23,25,28). The van der Waals surface area contributed by atoms with Crippen molar-refractivity contribution in [3.05, 3.63) is 40.6 Å². The summed E-state index contributed by atoms with van der Waals surface area (Å²) in [5.74, 6) is 0. The molecule has 0 radical (unpaired) electrons. The van der Waals surface area contributed by atoms with Gasteiger partial charge < -0.3 is 10.2 Å². The second kappa shape index (κ2) is 7.94. The molecular formula is C22H29N5O3S. The molecule has 5 rings (SSSR count). The number of aromatic nitrogens is 2. The Hall–Kier alpha value is -2.39. The molecule has 31 heavy (non-hydrogen) atoms. The molecule has 1 saturated heterocycles. The van der Waals surface area contributed by atoms with Gasteiger partial charge in [0.05, 0.1) is 6.04 Å². The van der Waals surface area contributed by atoms with Crippen molar-refractivity contribution in [1.82, 2.24) is 19.4 Å². The van der Waals surface area contributed by atoms with E-state index in [-0.39, 0.29) is 11.1 Å². The summed E-state index contributed by atoms with van der Waals surface area (Å²) in [6.45, 7) is 1.91. The zero-order valence-electron chi connectivity index (χ0n) is 17.9. The van der Waals surface area contributed by atoms with Gasteiger partial charge in [0.1, 0.15) is 0 Å². The number of sulfonamides is 1. The maximum atomic E-state index is 12.8. The number of hydrogen-bond donors (Lipinski definition) is 2. The van der Waals surface area contributed by atoms with Gasteiger partial charge in [0.25, 0.3) is 10.0 Å². The van der Waals surface area contributed by atoms with E-state index >= 15 is 0 Å². The van der Waals surface area contributed by atoms with Gasteiger partial charge >= 0.3 is 6.03 Å². The fraction of sp³-hybridized carbons (Fsp3) is 0.545. The van der Waals surface area contributed by atoms with Crippen LogP contribution in [0.1, 0.15) is 54.0 Å². The molecule has 0 bridgehead atoms. The van der Waals surface area contributed by atoms with Crippen LogP contribution in [0, 0.1) is 0 Å². The summed E-state index contributed by atoms with van der Waals surface area (Å²) in [5, 5.41) is 7.03. The number of benzene rings is 1. The van der Waals surface area contributed by atoms with Gasteiger partial charge in [-0.2, -0.15) is 13.5 Å². The molecule has 0 unspecified atom stereocenters. The lowest BCUT2D eigenvalue weighted by Crippen LogP contribution is -2.35. The van der Waals surface area contributed by atoms with E-state index in [1.54, 1.807) is 10.9 Å². The molecule has 1 aliphatic heterocycles. The van der Waals surface area contributed by atoms with Crippen molar-refractivity contribution in [2.24, 2.45) is 0 Å². The van der Waals surface area contributed by atoms with Crippen LogP contribution in [0.2, 0.25) is 0 Å². The average Bonchev–Trinajstić information content (AvgIpc) is 3.48. The van der Waals surface area contributed by atoms with Crippen LogP contribution >= 0.6 is 0 Å². The molecule has 0 saturated carbocycles. The maximum absolute atomic E-state index is 12.8. The van der Waals surface area contributed by atoms with Gasteiger partial charge in [-0.05, 0) is 99.8 Å². The number of carbonyl (C=O) groups is 1. The molecule has 0 atom stereocenters. The Kier molecular flexibility index (Phi) is 5.26. The van der Waals surface area contributed by atoms with E-state index in [4.69, 9.17) is 0 Å². The molecule has 2 heterocycles. The van der Waals surface area contributed by atoms with Crippen LogP contribution in [0.3, 0.4) is 0 Å². The topological polar surface area (TPSA) is 96.3 Å². The van der Waals surface area contributed by atoms with Crippen LogP contribution in [-0.4, -0.2) is 49.3 Å². The number of aryl methyl sites for hydroxylation is 2. The van der Waals surface area contributed by atoms with Crippen LogP contribution in [0.15, 0.2) is 23.4 Å². The predicted molar refractivity (Wildman–Crippen MR) is 118 cm³/mol. The average molecular weight is 444 g/mol. The maximum Gasteiger partial charge on any atom is 0.333 e. The molecule has 2 aromatic rings. The fourth-order valence-electron chi connectivity index (χ4n) is 5.21. The molecule has 2 amide bonds. The second-order valence-corrected chi connectivity index (χ2v) is 10.6. The summed E-state index contributed by atoms with van der Waals surface area (Å²) in [6, 6.07) is 3.21. The minimum Gasteiger partial charge on any atom is -0.307 e. The number of nitrogens with zero attached hydrogens (tertiary/aromatic N) is 3. The number of amides is 2. The van der Waals surface area contributed by atoms with Gasteiger partial charge in [0.15, 0.2) is 5.03 Å². The third-order valence-corrected chi connectivity index (χ3v) is 8.08. The van der Waals surface area contributed by atoms with Crippen molar-refractivity contribution in [2.45, 2.75) is 62.4 Å². The number of urea groups is 1. The number of piperidine rings is 1. The summed E-state index contributed by atoms with van der Waals surface area (Å²) in [6.07, 6.45) is 9.57. The summed E-state index contributed by atoms with van der Waals surface area (Å²) < 4.78 is 29.5. The van der Waals surface area contributed by atoms with Crippen LogP contribution in [0.25, 0.3) is 0 Å². The third-order valence-electron chi connectivity index (χ3n) is 6.86. The third kappa shape index (κ3) is 3.96. The van der Waals surface area contributed by atoms with E-state index in [9.17, 15) is 13.2 Å². The Balaban J connectivity index is 1.31. The van der Waals surface area contributed by atoms with Gasteiger partial charge in [-0.15, -0.1) is 0 Å². The predicted octanol–water partition coefficient (Wildman–Crippen LogP) is 2.64. The summed E-state index contributed by atoms with van der Waals surface area (Å²) in [4.78, 5) is 15.0. The highest BCUT2D eigenvalue weighted by Crippen LogP contribution is 2.38. The summed E-state index contributed by atoms with van der Waals surface area (Å²) in [5.41, 5.74) is 5.73. The Morgan fingerprint density at radius 2 is 1.71 bits per heavy atom. The highest BCUT2D eigenvalue weighted by Gasteiger charge is 2.28. The first-order chi connectivity index (χ1) is 14.9. The summed E-state index contributed by atoms with van der Waals surface area (Å²) >= 11 is 0. The minimum absolute atomic E-state index is 0.120. The number of carbonyl (C=O) groups excluding carboxylic acids is 1. The lowest BCUT2D eigenvalue weighted by atomic mass is 9.99. The van der Waals surface area contributed by atoms with Crippen molar-refractivity contribution in [3.8, 4) is 0 Å². The molecule has 3 aliphatic rings. The molecule has 1 fully saturated rings. The molecular weight excluding hydrogens is 414 g/mol. The fourth-order valence-corrected chi connectivity index (χ4v) is 6.05. The van der Waals surface area contributed by atoms with Gasteiger partial charge in [-0.3, -0.25) is 4.68 Å². The molecule has 9 heteroatoms. The van der Waals surface area contributed by atoms with Crippen molar-refractivity contribution in [3.63, 3.8) is 0 Å². The first-order valence-electron chi connectivity index (χ1n) is 11.1. The van der Waals surface area contributed by atoms with E-state index in [1.807, 2.05) is 0 Å². The van der Waals surface area contributed by atoms with Gasteiger partial charge in [-0.1, -0.05) is 6.07 Å². The minimum atomic E-state index is -4.04. The molecule has 8 nitrogen and oxygen atoms in total. The Morgan fingerprint density at radius 3 is 2.35 bits per heavy atom. The molecule has 2 aliphatic carbocycles. The lowest BCUT2D eigenvalue weighted by Gasteiger charge is -2.28. The van der Waals surface area contributed by atoms with Crippen molar-refractivity contribution < 1.29 is 13.2 Å². The van der Waals surface area contributed by atoms with Crippen molar-refractivity contribution in [2.75, 3.05) is 25.5 Å². The number of nitrogens with one attached hydrogen (secondary N) is 2. The van der Waals surface area contributed by atoms with Gasteiger partial charge in [-0.25, -0.2) is 9.52 Å². The number of rotatable bonds is 4. The SMILES string of the molecule is CN1CCC(n2ccc(S(=O)(=O)NC(=O)Nc3c4c(cc5c3CCC5)CCC4)n2)CC1. The number of likely N-dealkylation sites (tertiary alicyclic amines) is 1. The molecule has 1 aromatic carbocycles. The highest BCUT2D eigenvalue weighted by molar-refractivity contribution is 7.90. The largest absolute Gasteiger partial charge is 0.333 e. The normalized spacial score (nSPS) is 19.3.